The van der Waals surface area contributed by atoms with Crippen LogP contribution in [-0.4, -0.2) is 99.6 Å². The van der Waals surface area contributed by atoms with Gasteiger partial charge in [0.25, 0.3) is 0 Å². The molecule has 0 aromatic heterocycles. The molecule has 0 radical (unpaired) electrons. The molecule has 11 nitrogen and oxygen atoms in total. The normalized spacial score (nSPS) is 19.5. The Morgan fingerprint density at radius 2 is 0.878 bits per heavy atom. The van der Waals surface area contributed by atoms with Crippen LogP contribution in [-0.2, 0) is 23.8 Å². The Morgan fingerprint density at radius 1 is 0.488 bits per heavy atom. The smallest absolute Gasteiger partial charge is 0.306 e. The summed E-state index contributed by atoms with van der Waals surface area (Å²) in [6.45, 7) is 5.52. The summed E-state index contributed by atoms with van der Waals surface area (Å²) in [5.74, 6) is -1.25. The first-order chi connectivity index (χ1) is 40.2. The molecular formula is C71H117NO10. The molecule has 0 spiro atoms. The average molecular weight is 1140 g/mol. The van der Waals surface area contributed by atoms with Crippen molar-refractivity contribution in [1.82, 2.24) is 5.32 Å². The summed E-state index contributed by atoms with van der Waals surface area (Å²) in [4.78, 5) is 26.6. The van der Waals surface area contributed by atoms with E-state index >= 15 is 0 Å². The van der Waals surface area contributed by atoms with Gasteiger partial charge in [0.05, 0.1) is 25.4 Å². The Labute approximate surface area is 499 Å². The van der Waals surface area contributed by atoms with E-state index in [9.17, 15) is 35.1 Å². The fraction of sp³-hybridized carbons (Fsp3) is 0.662. The van der Waals surface area contributed by atoms with E-state index in [0.29, 0.717) is 12.8 Å². The number of rotatable bonds is 53. The van der Waals surface area contributed by atoms with Crippen molar-refractivity contribution in [2.75, 3.05) is 13.2 Å². The molecule has 0 saturated carbocycles. The van der Waals surface area contributed by atoms with Gasteiger partial charge in [-0.15, -0.1) is 0 Å². The molecule has 1 saturated heterocycles. The van der Waals surface area contributed by atoms with E-state index in [4.69, 9.17) is 14.2 Å². The fourth-order valence-corrected chi connectivity index (χ4v) is 9.23. The molecular weight excluding hydrogens is 1030 g/mol. The highest BCUT2D eigenvalue weighted by atomic mass is 16.7. The van der Waals surface area contributed by atoms with Gasteiger partial charge in [-0.3, -0.25) is 9.59 Å². The summed E-state index contributed by atoms with van der Waals surface area (Å²) in [6.07, 6.45) is 70.5. The van der Waals surface area contributed by atoms with Gasteiger partial charge in [-0.1, -0.05) is 251 Å². The van der Waals surface area contributed by atoms with Gasteiger partial charge in [-0.05, 0) is 116 Å². The second-order valence-corrected chi connectivity index (χ2v) is 21.7. The number of nitrogens with one attached hydrogen (secondary N) is 1. The van der Waals surface area contributed by atoms with Gasteiger partial charge in [-0.25, -0.2) is 0 Å². The second-order valence-electron chi connectivity index (χ2n) is 21.7. The number of aliphatic hydroxyl groups is 5. The molecule has 0 aliphatic carbocycles. The molecule has 82 heavy (non-hydrogen) atoms. The van der Waals surface area contributed by atoms with Crippen molar-refractivity contribution in [3.05, 3.63) is 134 Å². The molecule has 0 bridgehead atoms. The highest BCUT2D eigenvalue weighted by Gasteiger charge is 2.47. The maximum atomic E-state index is 13.4. The molecule has 8 atom stereocenters. The zero-order valence-electron chi connectivity index (χ0n) is 51.6. The predicted molar refractivity (Wildman–Crippen MR) is 342 cm³/mol. The standard InChI is InChI=1S/C71H117NO10/c1-4-7-10-13-16-19-22-25-27-29-31-32-33-34-35-37-39-41-44-47-50-53-56-59-66(76)82-69-68(78)67(77)65(60-73)81-71(69)80-61-62(63(74)57-54-51-48-45-42-24-21-18-15-12-9-6-3)72-70(79)64(75)58-55-52-49-46-43-40-38-36-30-28-26-23-20-17-14-11-8-5-2/h7-8,10-11,16-17,19-20,25-28,31-32,34-36,38,43,46,54,57,62-65,67-69,71,73-75,77-78H,4-6,9,12-15,18,21-24,29-30,33,37,39-42,44-45,47-53,55-56,58-61H2,1-3H3,(H,72,79)/b10-7-,11-8-,19-16-,20-17-,27-25-,28-26-,32-31-,35-34-,38-36-,46-43-,57-54+. The maximum Gasteiger partial charge on any atom is 0.306 e. The van der Waals surface area contributed by atoms with Crippen LogP contribution >= 0.6 is 0 Å². The van der Waals surface area contributed by atoms with Gasteiger partial charge in [0.15, 0.2) is 12.4 Å². The van der Waals surface area contributed by atoms with Crippen molar-refractivity contribution in [2.45, 2.75) is 288 Å². The van der Waals surface area contributed by atoms with Crippen LogP contribution in [0.25, 0.3) is 0 Å². The Hall–Kier alpha value is -4.20. The van der Waals surface area contributed by atoms with E-state index in [1.165, 1.54) is 44.9 Å². The molecule has 0 aromatic rings. The number of aliphatic hydroxyl groups excluding tert-OH is 5. The van der Waals surface area contributed by atoms with E-state index in [1.807, 2.05) is 6.08 Å². The molecule has 1 fully saturated rings. The maximum absolute atomic E-state index is 13.4. The first kappa shape index (κ1) is 75.8. The zero-order chi connectivity index (χ0) is 59.6. The highest BCUT2D eigenvalue weighted by Crippen LogP contribution is 2.26. The number of amides is 1. The molecule has 1 heterocycles. The minimum atomic E-state index is -1.63. The third-order valence-corrected chi connectivity index (χ3v) is 14.3. The number of allylic oxidation sites excluding steroid dienone is 21. The molecule has 11 heteroatoms. The van der Waals surface area contributed by atoms with E-state index < -0.39 is 67.4 Å². The quantitative estimate of drug-likeness (QED) is 0.0195. The molecule has 8 unspecified atom stereocenters. The highest BCUT2D eigenvalue weighted by molar-refractivity contribution is 5.80. The van der Waals surface area contributed by atoms with Gasteiger partial charge < -0.3 is 45.1 Å². The lowest BCUT2D eigenvalue weighted by Gasteiger charge is -2.41. The van der Waals surface area contributed by atoms with Crippen molar-refractivity contribution in [2.24, 2.45) is 0 Å². The third-order valence-electron chi connectivity index (χ3n) is 14.3. The Kier molecular flexibility index (Phi) is 52.9. The number of hydrogen-bond donors (Lipinski definition) is 6. The van der Waals surface area contributed by atoms with Crippen LogP contribution in [0.3, 0.4) is 0 Å². The summed E-state index contributed by atoms with van der Waals surface area (Å²) in [5, 5.41) is 57.0. The van der Waals surface area contributed by atoms with Crippen LogP contribution in [0.4, 0.5) is 0 Å². The van der Waals surface area contributed by atoms with Crippen molar-refractivity contribution in [1.29, 1.82) is 0 Å². The summed E-state index contributed by atoms with van der Waals surface area (Å²) < 4.78 is 17.6. The summed E-state index contributed by atoms with van der Waals surface area (Å²) >= 11 is 0. The molecule has 1 amide bonds. The summed E-state index contributed by atoms with van der Waals surface area (Å²) in [6, 6.07) is -1.05. The van der Waals surface area contributed by atoms with Gasteiger partial charge in [0, 0.05) is 6.42 Å². The first-order valence-electron chi connectivity index (χ1n) is 32.5. The Balaban J connectivity index is 2.68. The van der Waals surface area contributed by atoms with Crippen LogP contribution in [0.1, 0.15) is 239 Å². The van der Waals surface area contributed by atoms with Crippen LogP contribution in [0.15, 0.2) is 134 Å². The number of unbranched alkanes of at least 4 members (excludes halogenated alkanes) is 19. The van der Waals surface area contributed by atoms with Crippen molar-refractivity contribution in [3.63, 3.8) is 0 Å². The van der Waals surface area contributed by atoms with Crippen LogP contribution in [0.5, 0.6) is 0 Å². The van der Waals surface area contributed by atoms with E-state index in [1.54, 1.807) is 6.08 Å². The van der Waals surface area contributed by atoms with Gasteiger partial charge in [0.1, 0.15) is 24.4 Å². The summed E-state index contributed by atoms with van der Waals surface area (Å²) in [7, 11) is 0. The molecule has 1 rings (SSSR count). The minimum Gasteiger partial charge on any atom is -0.454 e. The fourth-order valence-electron chi connectivity index (χ4n) is 9.23. The SMILES string of the molecule is CC/C=C\C/C=C\C/C=C\C/C=C\C/C=C\CCCCCCCCCC(=O)OC1C(OCC(NC(=O)C(O)CCCC/C=C\C/C=C\C/C=C\C/C=C\C/C=C\CC)C(O)/C=C/CCCCCCCCCCCC)OC(CO)C(O)C1O. The zero-order valence-corrected chi connectivity index (χ0v) is 51.6. The van der Waals surface area contributed by atoms with Crippen LogP contribution in [0, 0.1) is 0 Å². The number of ether oxygens (including phenoxy) is 3. The topological polar surface area (TPSA) is 175 Å². The largest absolute Gasteiger partial charge is 0.454 e. The van der Waals surface area contributed by atoms with Crippen molar-refractivity contribution < 1.29 is 49.3 Å². The lowest BCUT2D eigenvalue weighted by atomic mass is 9.99. The molecule has 1 aliphatic rings. The van der Waals surface area contributed by atoms with Crippen LogP contribution < -0.4 is 5.32 Å². The average Bonchev–Trinajstić information content (AvgIpc) is 3.44. The van der Waals surface area contributed by atoms with Crippen molar-refractivity contribution >= 4 is 11.9 Å². The van der Waals surface area contributed by atoms with Crippen LogP contribution in [0.2, 0.25) is 0 Å². The molecule has 6 N–H and O–H groups in total. The Morgan fingerprint density at radius 3 is 1.32 bits per heavy atom. The molecule has 1 aliphatic heterocycles. The first-order valence-corrected chi connectivity index (χ1v) is 32.5. The number of carbonyl (C=O) groups is 2. The van der Waals surface area contributed by atoms with E-state index in [2.05, 4.69) is 148 Å². The van der Waals surface area contributed by atoms with Crippen molar-refractivity contribution in [3.8, 4) is 0 Å². The van der Waals surface area contributed by atoms with Gasteiger partial charge in [-0.2, -0.15) is 0 Å². The lowest BCUT2D eigenvalue weighted by molar-refractivity contribution is -0.305. The van der Waals surface area contributed by atoms with Gasteiger partial charge in [0.2, 0.25) is 5.91 Å². The number of esters is 1. The number of carbonyl (C=O) groups excluding carboxylic acids is 2. The molecule has 466 valence electrons. The third kappa shape index (κ3) is 44.3. The predicted octanol–water partition coefficient (Wildman–Crippen LogP) is 16.0. The lowest BCUT2D eigenvalue weighted by Crippen LogP contribution is -2.61. The summed E-state index contributed by atoms with van der Waals surface area (Å²) in [5.41, 5.74) is 0. The minimum absolute atomic E-state index is 0.0982. The number of hydrogen-bond acceptors (Lipinski definition) is 10. The van der Waals surface area contributed by atoms with Gasteiger partial charge >= 0.3 is 5.97 Å². The Bertz CT molecular complexity index is 1840. The van der Waals surface area contributed by atoms with E-state index in [0.717, 1.165) is 148 Å². The van der Waals surface area contributed by atoms with E-state index in [-0.39, 0.29) is 19.4 Å². The monoisotopic (exact) mass is 1140 g/mol. The molecule has 0 aromatic carbocycles. The second kappa shape index (κ2) is 57.2.